The first-order chi connectivity index (χ1) is 11.6. The van der Waals surface area contributed by atoms with Gasteiger partial charge in [0.2, 0.25) is 5.91 Å². The molecule has 1 unspecified atom stereocenters. The van der Waals surface area contributed by atoms with Gasteiger partial charge in [0.15, 0.2) is 0 Å². The molecule has 0 bridgehead atoms. The number of methoxy groups -OCH3 is 2. The van der Waals surface area contributed by atoms with Crippen LogP contribution in [0, 0.1) is 0 Å². The maximum absolute atomic E-state index is 12.3. The summed E-state index contributed by atoms with van der Waals surface area (Å²) < 4.78 is 16.2. The summed E-state index contributed by atoms with van der Waals surface area (Å²) >= 11 is 0. The van der Waals surface area contributed by atoms with Crippen molar-refractivity contribution in [3.8, 4) is 17.2 Å². The Morgan fingerprint density at radius 1 is 1.17 bits per heavy atom. The number of piperidine rings is 1. The molecule has 1 saturated heterocycles. The molecule has 1 N–H and O–H groups in total. The smallest absolute Gasteiger partial charge is 0.239 e. The lowest BCUT2D eigenvalue weighted by atomic mass is 10.0. The van der Waals surface area contributed by atoms with E-state index >= 15 is 0 Å². The Morgan fingerprint density at radius 3 is 2.42 bits per heavy atom. The van der Waals surface area contributed by atoms with Gasteiger partial charge in [-0.05, 0) is 25.8 Å². The van der Waals surface area contributed by atoms with Gasteiger partial charge in [-0.3, -0.25) is 4.79 Å². The molecule has 1 aromatic rings. The number of benzene rings is 1. The maximum Gasteiger partial charge on any atom is 0.239 e. The lowest BCUT2D eigenvalue weighted by molar-refractivity contribution is -0.132. The van der Waals surface area contributed by atoms with Crippen LogP contribution in [0.5, 0.6) is 17.2 Å². The number of hydrogen-bond donors (Lipinski definition) is 1. The van der Waals surface area contributed by atoms with E-state index < -0.39 is 0 Å². The average molecular weight is 336 g/mol. The van der Waals surface area contributed by atoms with Crippen molar-refractivity contribution in [3.05, 3.63) is 18.2 Å². The highest BCUT2D eigenvalue weighted by atomic mass is 16.5. The van der Waals surface area contributed by atoms with Gasteiger partial charge < -0.3 is 24.4 Å². The molecule has 6 nitrogen and oxygen atoms in total. The molecule has 0 aromatic heterocycles. The van der Waals surface area contributed by atoms with Gasteiger partial charge in [-0.2, -0.15) is 0 Å². The summed E-state index contributed by atoms with van der Waals surface area (Å²) in [5.41, 5.74) is 0. The Morgan fingerprint density at radius 2 is 1.83 bits per heavy atom. The van der Waals surface area contributed by atoms with Gasteiger partial charge in [0.1, 0.15) is 17.2 Å². The number of carbonyl (C=O) groups excluding carboxylic acids is 1. The summed E-state index contributed by atoms with van der Waals surface area (Å²) in [7, 11) is 5.07. The highest BCUT2D eigenvalue weighted by Crippen LogP contribution is 2.27. The number of rotatable bonds is 8. The van der Waals surface area contributed by atoms with Gasteiger partial charge in [0, 0.05) is 31.8 Å². The molecule has 1 atom stereocenters. The summed E-state index contributed by atoms with van der Waals surface area (Å²) in [5, 5.41) is 3.29. The fourth-order valence-corrected chi connectivity index (χ4v) is 2.80. The van der Waals surface area contributed by atoms with Gasteiger partial charge in [0.25, 0.3) is 0 Å². The van der Waals surface area contributed by atoms with Gasteiger partial charge >= 0.3 is 0 Å². The lowest BCUT2D eigenvalue weighted by Crippen LogP contribution is -2.47. The van der Waals surface area contributed by atoms with Crippen LogP contribution >= 0.6 is 0 Å². The van der Waals surface area contributed by atoms with Crippen LogP contribution in [-0.4, -0.2) is 57.8 Å². The predicted molar refractivity (Wildman–Crippen MR) is 92.9 cm³/mol. The van der Waals surface area contributed by atoms with E-state index in [4.69, 9.17) is 14.2 Å². The van der Waals surface area contributed by atoms with Crippen molar-refractivity contribution in [1.82, 2.24) is 10.2 Å². The second kappa shape index (κ2) is 9.37. The molecule has 1 aromatic carbocycles. The Labute approximate surface area is 144 Å². The average Bonchev–Trinajstić information content (AvgIpc) is 2.64. The van der Waals surface area contributed by atoms with Crippen LogP contribution in [0.3, 0.4) is 0 Å². The standard InChI is InChI=1S/C18H28N2O4/c1-20(18(21)17-7-4-5-8-19-17)9-6-10-24-16-12-14(22-2)11-15(13-16)23-3/h11-13,17,19H,4-10H2,1-3H3. The zero-order chi connectivity index (χ0) is 17.4. The van der Waals surface area contributed by atoms with E-state index in [1.807, 2.05) is 19.2 Å². The SMILES string of the molecule is COc1cc(OC)cc(OCCCN(C)C(=O)C2CCCCN2)c1. The van der Waals surface area contributed by atoms with Gasteiger partial charge in [-0.1, -0.05) is 6.42 Å². The van der Waals surface area contributed by atoms with Crippen LogP contribution in [0.25, 0.3) is 0 Å². The molecule has 0 spiro atoms. The third kappa shape index (κ3) is 5.30. The van der Waals surface area contributed by atoms with Crippen LogP contribution in [0.1, 0.15) is 25.7 Å². The summed E-state index contributed by atoms with van der Waals surface area (Å²) in [6.45, 7) is 2.15. The number of nitrogens with zero attached hydrogens (tertiary/aromatic N) is 1. The minimum atomic E-state index is -0.0210. The van der Waals surface area contributed by atoms with Crippen LogP contribution in [-0.2, 0) is 4.79 Å². The molecule has 1 aliphatic heterocycles. The van der Waals surface area contributed by atoms with Crippen LogP contribution in [0.2, 0.25) is 0 Å². The number of nitrogens with one attached hydrogen (secondary N) is 1. The van der Waals surface area contributed by atoms with E-state index in [9.17, 15) is 4.79 Å². The van der Waals surface area contributed by atoms with Gasteiger partial charge in [-0.25, -0.2) is 0 Å². The first-order valence-corrected chi connectivity index (χ1v) is 8.48. The van der Waals surface area contributed by atoms with Crippen LogP contribution < -0.4 is 19.5 Å². The quantitative estimate of drug-likeness (QED) is 0.737. The highest BCUT2D eigenvalue weighted by Gasteiger charge is 2.23. The van der Waals surface area contributed by atoms with E-state index in [1.54, 1.807) is 25.2 Å². The van der Waals surface area contributed by atoms with Crippen molar-refractivity contribution >= 4 is 5.91 Å². The number of carbonyl (C=O) groups is 1. The molecule has 6 heteroatoms. The molecule has 1 fully saturated rings. The van der Waals surface area contributed by atoms with Crippen molar-refractivity contribution in [2.24, 2.45) is 0 Å². The molecule has 0 saturated carbocycles. The number of likely N-dealkylation sites (N-methyl/N-ethyl adjacent to an activating group) is 1. The second-order valence-electron chi connectivity index (χ2n) is 6.01. The topological polar surface area (TPSA) is 60.0 Å². The largest absolute Gasteiger partial charge is 0.496 e. The molecule has 1 amide bonds. The van der Waals surface area contributed by atoms with Crippen molar-refractivity contribution in [2.45, 2.75) is 31.7 Å². The predicted octanol–water partition coefficient (Wildman–Crippen LogP) is 2.07. The first kappa shape index (κ1) is 18.4. The number of hydrogen-bond acceptors (Lipinski definition) is 5. The zero-order valence-electron chi connectivity index (χ0n) is 14.8. The molecule has 1 heterocycles. The van der Waals surface area contributed by atoms with E-state index in [-0.39, 0.29) is 11.9 Å². The Balaban J connectivity index is 1.74. The van der Waals surface area contributed by atoms with Crippen molar-refractivity contribution in [1.29, 1.82) is 0 Å². The summed E-state index contributed by atoms with van der Waals surface area (Å²) in [4.78, 5) is 14.1. The van der Waals surface area contributed by atoms with Crippen molar-refractivity contribution in [2.75, 3.05) is 41.0 Å². The Bertz CT molecular complexity index is 508. The summed E-state index contributed by atoms with van der Waals surface area (Å²) in [6, 6.07) is 5.43. The van der Waals surface area contributed by atoms with E-state index in [0.717, 1.165) is 32.2 Å². The third-order valence-corrected chi connectivity index (χ3v) is 4.22. The third-order valence-electron chi connectivity index (χ3n) is 4.22. The zero-order valence-corrected chi connectivity index (χ0v) is 14.8. The molecular formula is C18H28N2O4. The summed E-state index contributed by atoms with van der Waals surface area (Å²) in [6.07, 6.45) is 3.99. The van der Waals surface area contributed by atoms with Crippen molar-refractivity contribution in [3.63, 3.8) is 0 Å². The molecule has 1 aliphatic rings. The van der Waals surface area contributed by atoms with E-state index in [2.05, 4.69) is 5.32 Å². The minimum Gasteiger partial charge on any atom is -0.496 e. The summed E-state index contributed by atoms with van der Waals surface area (Å²) in [5.74, 6) is 2.27. The Kier molecular flexibility index (Phi) is 7.18. The minimum absolute atomic E-state index is 0.0210. The van der Waals surface area contributed by atoms with E-state index in [1.165, 1.54) is 0 Å². The molecule has 2 rings (SSSR count). The molecule has 0 radical (unpaired) electrons. The molecular weight excluding hydrogens is 308 g/mol. The number of amides is 1. The second-order valence-corrected chi connectivity index (χ2v) is 6.01. The van der Waals surface area contributed by atoms with E-state index in [0.29, 0.717) is 30.4 Å². The van der Waals surface area contributed by atoms with Crippen molar-refractivity contribution < 1.29 is 19.0 Å². The molecule has 24 heavy (non-hydrogen) atoms. The fourth-order valence-electron chi connectivity index (χ4n) is 2.80. The van der Waals surface area contributed by atoms with Gasteiger partial charge in [-0.15, -0.1) is 0 Å². The molecule has 0 aliphatic carbocycles. The van der Waals surface area contributed by atoms with Crippen LogP contribution in [0.15, 0.2) is 18.2 Å². The monoisotopic (exact) mass is 336 g/mol. The Hall–Kier alpha value is -1.95. The highest BCUT2D eigenvalue weighted by molar-refractivity contribution is 5.81. The lowest BCUT2D eigenvalue weighted by Gasteiger charge is -2.27. The first-order valence-electron chi connectivity index (χ1n) is 8.48. The molecule has 134 valence electrons. The fraction of sp³-hybridized carbons (Fsp3) is 0.611. The van der Waals surface area contributed by atoms with Gasteiger partial charge in [0.05, 0.1) is 26.9 Å². The van der Waals surface area contributed by atoms with Crippen LogP contribution in [0.4, 0.5) is 0 Å². The number of ether oxygens (including phenoxy) is 3. The normalized spacial score (nSPS) is 17.2. The maximum atomic E-state index is 12.3.